The van der Waals surface area contributed by atoms with Gasteiger partial charge in [0, 0.05) is 37.9 Å². The number of hydrogen-bond acceptors (Lipinski definition) is 3. The highest BCUT2D eigenvalue weighted by Gasteiger charge is 2.31. The van der Waals surface area contributed by atoms with Gasteiger partial charge in [-0.1, -0.05) is 0 Å². The molecule has 2 fully saturated rings. The maximum absolute atomic E-state index is 13.2. The molecular formula is C12H14F2N2O. The molecule has 2 saturated heterocycles. The number of rotatable bonds is 1. The van der Waals surface area contributed by atoms with Crippen molar-refractivity contribution in [3.05, 3.63) is 29.8 Å². The molecule has 1 aromatic carbocycles. The van der Waals surface area contributed by atoms with Crippen LogP contribution < -0.4 is 10.2 Å². The lowest BCUT2D eigenvalue weighted by atomic mass is 10.1. The van der Waals surface area contributed by atoms with Crippen LogP contribution in [-0.2, 0) is 4.74 Å². The van der Waals surface area contributed by atoms with Crippen LogP contribution in [0.4, 0.5) is 14.5 Å². The van der Waals surface area contributed by atoms with Gasteiger partial charge in [-0.25, -0.2) is 8.78 Å². The zero-order chi connectivity index (χ0) is 11.8. The number of fused-ring (bicyclic) bond motifs is 2. The van der Waals surface area contributed by atoms with E-state index in [0.29, 0.717) is 18.8 Å². The van der Waals surface area contributed by atoms with E-state index in [4.69, 9.17) is 4.74 Å². The van der Waals surface area contributed by atoms with Crippen LogP contribution in [0.15, 0.2) is 18.2 Å². The normalized spacial score (nSPS) is 28.2. The molecule has 0 amide bonds. The van der Waals surface area contributed by atoms with Crippen molar-refractivity contribution in [1.82, 2.24) is 5.32 Å². The van der Waals surface area contributed by atoms with Gasteiger partial charge in [0.1, 0.15) is 11.6 Å². The third-order valence-electron chi connectivity index (χ3n) is 3.19. The average molecular weight is 240 g/mol. The van der Waals surface area contributed by atoms with Crippen molar-refractivity contribution >= 4 is 5.69 Å². The SMILES string of the molecule is Fc1cc(F)cc(N2CC3CNCC(C2)O3)c1. The van der Waals surface area contributed by atoms with Gasteiger partial charge in [-0.05, 0) is 12.1 Å². The van der Waals surface area contributed by atoms with Crippen LogP contribution >= 0.6 is 0 Å². The minimum Gasteiger partial charge on any atom is -0.369 e. The van der Waals surface area contributed by atoms with E-state index in [1.54, 1.807) is 0 Å². The molecule has 0 aliphatic carbocycles. The summed E-state index contributed by atoms with van der Waals surface area (Å²) < 4.78 is 32.1. The first-order valence-corrected chi connectivity index (χ1v) is 5.78. The number of hydrogen-bond donors (Lipinski definition) is 1. The van der Waals surface area contributed by atoms with Gasteiger partial charge in [0.2, 0.25) is 0 Å². The molecule has 2 bridgehead atoms. The molecule has 5 heteroatoms. The van der Waals surface area contributed by atoms with E-state index in [-0.39, 0.29) is 12.2 Å². The number of nitrogens with one attached hydrogen (secondary N) is 1. The largest absolute Gasteiger partial charge is 0.369 e. The van der Waals surface area contributed by atoms with Crippen LogP contribution in [0.1, 0.15) is 0 Å². The topological polar surface area (TPSA) is 24.5 Å². The lowest BCUT2D eigenvalue weighted by molar-refractivity contribution is -0.0484. The van der Waals surface area contributed by atoms with E-state index >= 15 is 0 Å². The molecule has 0 spiro atoms. The summed E-state index contributed by atoms with van der Waals surface area (Å²) in [4.78, 5) is 1.99. The minimum atomic E-state index is -0.533. The predicted molar refractivity (Wildman–Crippen MR) is 60.1 cm³/mol. The Bertz CT molecular complexity index is 395. The monoisotopic (exact) mass is 240 g/mol. The number of nitrogens with zero attached hydrogens (tertiary/aromatic N) is 1. The van der Waals surface area contributed by atoms with E-state index in [2.05, 4.69) is 5.32 Å². The van der Waals surface area contributed by atoms with E-state index in [1.807, 2.05) is 4.90 Å². The van der Waals surface area contributed by atoms with Gasteiger partial charge in [-0.2, -0.15) is 0 Å². The summed E-state index contributed by atoms with van der Waals surface area (Å²) in [5.74, 6) is -1.07. The molecule has 1 N–H and O–H groups in total. The first-order chi connectivity index (χ1) is 8.20. The lowest BCUT2D eigenvalue weighted by Crippen LogP contribution is -2.58. The summed E-state index contributed by atoms with van der Waals surface area (Å²) in [5.41, 5.74) is 0.600. The number of benzene rings is 1. The van der Waals surface area contributed by atoms with Crippen molar-refractivity contribution in [3.63, 3.8) is 0 Å². The molecule has 0 radical (unpaired) electrons. The van der Waals surface area contributed by atoms with Crippen molar-refractivity contribution in [2.45, 2.75) is 12.2 Å². The minimum absolute atomic E-state index is 0.105. The molecule has 3 rings (SSSR count). The molecule has 2 atom stereocenters. The summed E-state index contributed by atoms with van der Waals surface area (Å²) in [7, 11) is 0. The number of anilines is 1. The summed E-state index contributed by atoms with van der Waals surface area (Å²) >= 11 is 0. The molecule has 2 unspecified atom stereocenters. The molecular weight excluding hydrogens is 226 g/mol. The third kappa shape index (κ3) is 2.25. The van der Waals surface area contributed by atoms with E-state index in [9.17, 15) is 8.78 Å². The molecule has 2 heterocycles. The van der Waals surface area contributed by atoms with Crippen molar-refractivity contribution in [1.29, 1.82) is 0 Å². The quantitative estimate of drug-likeness (QED) is 0.796. The predicted octanol–water partition coefficient (Wildman–Crippen LogP) is 1.14. The van der Waals surface area contributed by atoms with Gasteiger partial charge in [0.15, 0.2) is 0 Å². The Labute approximate surface area is 98.4 Å². The smallest absolute Gasteiger partial charge is 0.128 e. The van der Waals surface area contributed by atoms with Gasteiger partial charge in [0.25, 0.3) is 0 Å². The second-order valence-corrected chi connectivity index (χ2v) is 4.57. The maximum Gasteiger partial charge on any atom is 0.128 e. The van der Waals surface area contributed by atoms with Crippen molar-refractivity contribution in [3.8, 4) is 0 Å². The highest BCUT2D eigenvalue weighted by molar-refractivity contribution is 5.47. The second kappa shape index (κ2) is 4.23. The van der Waals surface area contributed by atoms with Crippen molar-refractivity contribution in [2.24, 2.45) is 0 Å². The van der Waals surface area contributed by atoms with Gasteiger partial charge in [-0.3, -0.25) is 0 Å². The Morgan fingerprint density at radius 1 is 1.06 bits per heavy atom. The molecule has 0 aromatic heterocycles. The Morgan fingerprint density at radius 3 is 2.24 bits per heavy atom. The summed E-state index contributed by atoms with van der Waals surface area (Å²) in [6.45, 7) is 2.94. The van der Waals surface area contributed by atoms with Crippen LogP contribution in [0.25, 0.3) is 0 Å². The Morgan fingerprint density at radius 2 is 1.65 bits per heavy atom. The van der Waals surface area contributed by atoms with Crippen molar-refractivity contribution in [2.75, 3.05) is 31.1 Å². The summed E-state index contributed by atoms with van der Waals surface area (Å²) in [6, 6.07) is 3.64. The van der Waals surface area contributed by atoms with Gasteiger partial charge >= 0.3 is 0 Å². The molecule has 2 aliphatic heterocycles. The molecule has 1 aromatic rings. The standard InChI is InChI=1S/C12H14F2N2O/c13-8-1-9(14)3-10(2-8)16-6-11-4-15-5-12(7-16)17-11/h1-3,11-12,15H,4-7H2. The fourth-order valence-corrected chi connectivity index (χ4v) is 2.49. The average Bonchev–Trinajstić information content (AvgIpc) is 2.27. The molecule has 2 aliphatic rings. The first-order valence-electron chi connectivity index (χ1n) is 5.78. The van der Waals surface area contributed by atoms with Crippen LogP contribution in [0.2, 0.25) is 0 Å². The molecule has 92 valence electrons. The molecule has 17 heavy (non-hydrogen) atoms. The zero-order valence-corrected chi connectivity index (χ0v) is 9.33. The van der Waals surface area contributed by atoms with E-state index in [1.165, 1.54) is 12.1 Å². The number of halogens is 2. The third-order valence-corrected chi connectivity index (χ3v) is 3.19. The van der Waals surface area contributed by atoms with Crippen LogP contribution in [-0.4, -0.2) is 38.4 Å². The maximum atomic E-state index is 13.2. The molecule has 3 nitrogen and oxygen atoms in total. The Hall–Kier alpha value is -1.20. The van der Waals surface area contributed by atoms with Gasteiger partial charge in [-0.15, -0.1) is 0 Å². The van der Waals surface area contributed by atoms with E-state index < -0.39 is 11.6 Å². The Kier molecular flexibility index (Phi) is 2.72. The van der Waals surface area contributed by atoms with Gasteiger partial charge in [0.05, 0.1) is 12.2 Å². The fourth-order valence-electron chi connectivity index (χ4n) is 2.49. The van der Waals surface area contributed by atoms with Gasteiger partial charge < -0.3 is 15.0 Å². The lowest BCUT2D eigenvalue weighted by Gasteiger charge is -2.42. The zero-order valence-electron chi connectivity index (χ0n) is 9.33. The fraction of sp³-hybridized carbons (Fsp3) is 0.500. The second-order valence-electron chi connectivity index (χ2n) is 4.57. The first kappa shape index (κ1) is 10.9. The van der Waals surface area contributed by atoms with Crippen LogP contribution in [0.5, 0.6) is 0 Å². The van der Waals surface area contributed by atoms with E-state index in [0.717, 1.165) is 19.2 Å². The summed E-state index contributed by atoms with van der Waals surface area (Å²) in [6.07, 6.45) is 0.211. The Balaban J connectivity index is 1.83. The van der Waals surface area contributed by atoms with Crippen LogP contribution in [0.3, 0.4) is 0 Å². The van der Waals surface area contributed by atoms with Crippen LogP contribution in [0, 0.1) is 11.6 Å². The van der Waals surface area contributed by atoms with Crippen molar-refractivity contribution < 1.29 is 13.5 Å². The highest BCUT2D eigenvalue weighted by atomic mass is 19.1. The highest BCUT2D eigenvalue weighted by Crippen LogP contribution is 2.23. The number of ether oxygens (including phenoxy) is 1. The molecule has 0 saturated carbocycles. The summed E-state index contributed by atoms with van der Waals surface area (Å²) in [5, 5.41) is 3.28. The number of morpholine rings is 2.